The first-order chi connectivity index (χ1) is 13.8. The van der Waals surface area contributed by atoms with Gasteiger partial charge in [0.1, 0.15) is 22.9 Å². The molecule has 3 aromatic heterocycles. The molecule has 0 saturated heterocycles. The van der Waals surface area contributed by atoms with Crippen LogP contribution in [0.4, 0.5) is 11.5 Å². The lowest BCUT2D eigenvalue weighted by Gasteiger charge is -2.11. The molecular weight excluding hydrogens is 372 g/mol. The molecule has 28 heavy (non-hydrogen) atoms. The van der Waals surface area contributed by atoms with Crippen molar-refractivity contribution in [3.8, 4) is 5.75 Å². The molecule has 0 bridgehead atoms. The summed E-state index contributed by atoms with van der Waals surface area (Å²) in [5, 5.41) is 12.8. The van der Waals surface area contributed by atoms with Gasteiger partial charge in [0.05, 0.1) is 36.3 Å². The standard InChI is InChI=1S/C20H16N6OS/c1-27-17-4-2-3-15-19(17)20(23-12-22-15)25-14-5-6-16-13(9-14)10-24-26(16)11-18-21-7-8-28-18/h2-10,12H,11H2,1H3,(H,22,23,25). The fourth-order valence-electron chi connectivity index (χ4n) is 3.23. The van der Waals surface area contributed by atoms with Gasteiger partial charge in [-0.05, 0) is 30.3 Å². The Morgan fingerprint density at radius 3 is 2.96 bits per heavy atom. The summed E-state index contributed by atoms with van der Waals surface area (Å²) >= 11 is 1.63. The van der Waals surface area contributed by atoms with Crippen LogP contribution in [-0.2, 0) is 6.54 Å². The predicted molar refractivity (Wildman–Crippen MR) is 110 cm³/mol. The van der Waals surface area contributed by atoms with Gasteiger partial charge in [-0.1, -0.05) is 6.07 Å². The molecule has 0 saturated carbocycles. The zero-order valence-electron chi connectivity index (χ0n) is 15.0. The van der Waals surface area contributed by atoms with Crippen molar-refractivity contribution < 1.29 is 4.74 Å². The van der Waals surface area contributed by atoms with E-state index in [0.717, 1.165) is 38.3 Å². The molecule has 0 unspecified atom stereocenters. The van der Waals surface area contributed by atoms with Gasteiger partial charge in [-0.15, -0.1) is 11.3 Å². The predicted octanol–water partition coefficient (Wildman–Crippen LogP) is 4.24. The maximum atomic E-state index is 5.49. The van der Waals surface area contributed by atoms with E-state index in [1.165, 1.54) is 0 Å². The van der Waals surface area contributed by atoms with Gasteiger partial charge in [0.25, 0.3) is 0 Å². The highest BCUT2D eigenvalue weighted by Gasteiger charge is 2.11. The number of aromatic nitrogens is 5. The molecule has 5 rings (SSSR count). The molecule has 8 heteroatoms. The summed E-state index contributed by atoms with van der Waals surface area (Å²) in [5.74, 6) is 1.44. The van der Waals surface area contributed by atoms with E-state index in [9.17, 15) is 0 Å². The second-order valence-electron chi connectivity index (χ2n) is 6.20. The molecule has 0 aliphatic carbocycles. The van der Waals surface area contributed by atoms with E-state index in [4.69, 9.17) is 4.74 Å². The Morgan fingerprint density at radius 2 is 2.11 bits per heavy atom. The average Bonchev–Trinajstić information content (AvgIpc) is 3.38. The number of hydrogen-bond donors (Lipinski definition) is 1. The number of hydrogen-bond acceptors (Lipinski definition) is 7. The Morgan fingerprint density at radius 1 is 1.14 bits per heavy atom. The normalized spacial score (nSPS) is 11.2. The van der Waals surface area contributed by atoms with Crippen molar-refractivity contribution in [1.29, 1.82) is 0 Å². The van der Waals surface area contributed by atoms with Crippen LogP contribution in [0.15, 0.2) is 60.5 Å². The van der Waals surface area contributed by atoms with Crippen molar-refractivity contribution in [3.63, 3.8) is 0 Å². The average molecular weight is 388 g/mol. The fourth-order valence-corrected chi connectivity index (χ4v) is 3.83. The number of ether oxygens (including phenoxy) is 1. The summed E-state index contributed by atoms with van der Waals surface area (Å²) in [5.41, 5.74) is 2.81. The van der Waals surface area contributed by atoms with Crippen LogP contribution < -0.4 is 10.1 Å². The van der Waals surface area contributed by atoms with Gasteiger partial charge in [0.15, 0.2) is 0 Å². The Hall–Kier alpha value is -3.52. The summed E-state index contributed by atoms with van der Waals surface area (Å²) in [6, 6.07) is 11.9. The van der Waals surface area contributed by atoms with Crippen LogP contribution in [0.3, 0.4) is 0 Å². The third kappa shape index (κ3) is 2.93. The van der Waals surface area contributed by atoms with Crippen LogP contribution in [-0.4, -0.2) is 31.8 Å². The van der Waals surface area contributed by atoms with E-state index in [1.54, 1.807) is 24.8 Å². The van der Waals surface area contributed by atoms with Crippen molar-refractivity contribution >= 4 is 44.6 Å². The monoisotopic (exact) mass is 388 g/mol. The highest BCUT2D eigenvalue weighted by molar-refractivity contribution is 7.09. The third-order valence-electron chi connectivity index (χ3n) is 4.52. The fraction of sp³-hybridized carbons (Fsp3) is 0.100. The Balaban J connectivity index is 1.50. The lowest BCUT2D eigenvalue weighted by Crippen LogP contribution is -2.01. The minimum absolute atomic E-state index is 0.668. The lowest BCUT2D eigenvalue weighted by molar-refractivity contribution is 0.420. The quantitative estimate of drug-likeness (QED) is 0.485. The van der Waals surface area contributed by atoms with Gasteiger partial charge in [0, 0.05) is 22.7 Å². The maximum absolute atomic E-state index is 5.49. The minimum Gasteiger partial charge on any atom is -0.496 e. The summed E-state index contributed by atoms with van der Waals surface area (Å²) < 4.78 is 7.45. The van der Waals surface area contributed by atoms with E-state index in [-0.39, 0.29) is 0 Å². The van der Waals surface area contributed by atoms with Gasteiger partial charge in [0.2, 0.25) is 0 Å². The molecule has 0 amide bonds. The molecule has 138 valence electrons. The van der Waals surface area contributed by atoms with Crippen LogP contribution in [0.25, 0.3) is 21.8 Å². The number of nitrogens with zero attached hydrogens (tertiary/aromatic N) is 5. The number of benzene rings is 2. The van der Waals surface area contributed by atoms with Crippen LogP contribution in [0, 0.1) is 0 Å². The molecule has 0 aliphatic heterocycles. The highest BCUT2D eigenvalue weighted by Crippen LogP contribution is 2.31. The number of anilines is 2. The summed E-state index contributed by atoms with van der Waals surface area (Å²) in [6.45, 7) is 0.668. The van der Waals surface area contributed by atoms with E-state index < -0.39 is 0 Å². The van der Waals surface area contributed by atoms with Gasteiger partial charge in [-0.3, -0.25) is 4.68 Å². The van der Waals surface area contributed by atoms with E-state index in [0.29, 0.717) is 12.4 Å². The van der Waals surface area contributed by atoms with Crippen molar-refractivity contribution in [2.75, 3.05) is 12.4 Å². The van der Waals surface area contributed by atoms with Crippen LogP contribution in [0.5, 0.6) is 5.75 Å². The maximum Gasteiger partial charge on any atom is 0.145 e. The topological polar surface area (TPSA) is 77.8 Å². The van der Waals surface area contributed by atoms with Gasteiger partial charge >= 0.3 is 0 Å². The molecule has 0 spiro atoms. The molecule has 2 aromatic carbocycles. The van der Waals surface area contributed by atoms with E-state index in [2.05, 4.69) is 37.5 Å². The number of thiazole rings is 1. The van der Waals surface area contributed by atoms with E-state index >= 15 is 0 Å². The van der Waals surface area contributed by atoms with Gasteiger partial charge < -0.3 is 10.1 Å². The summed E-state index contributed by atoms with van der Waals surface area (Å²) in [6.07, 6.45) is 5.23. The Kier molecular flexibility index (Phi) is 4.10. The molecule has 5 aromatic rings. The first kappa shape index (κ1) is 16.6. The number of rotatable bonds is 5. The molecule has 0 aliphatic rings. The molecule has 3 heterocycles. The number of nitrogens with one attached hydrogen (secondary N) is 1. The van der Waals surface area contributed by atoms with Crippen molar-refractivity contribution in [1.82, 2.24) is 24.7 Å². The first-order valence-corrected chi connectivity index (χ1v) is 9.58. The molecule has 1 N–H and O–H groups in total. The van der Waals surface area contributed by atoms with Gasteiger partial charge in [-0.2, -0.15) is 5.10 Å². The van der Waals surface area contributed by atoms with Crippen LogP contribution in [0.2, 0.25) is 0 Å². The molecule has 0 atom stereocenters. The largest absolute Gasteiger partial charge is 0.496 e. The molecule has 7 nitrogen and oxygen atoms in total. The number of fused-ring (bicyclic) bond motifs is 2. The molecule has 0 radical (unpaired) electrons. The molecule has 0 fully saturated rings. The van der Waals surface area contributed by atoms with Gasteiger partial charge in [-0.25, -0.2) is 15.0 Å². The lowest BCUT2D eigenvalue weighted by atomic mass is 10.2. The van der Waals surface area contributed by atoms with Crippen molar-refractivity contribution in [2.24, 2.45) is 0 Å². The number of methoxy groups -OCH3 is 1. The third-order valence-corrected chi connectivity index (χ3v) is 5.28. The second-order valence-corrected chi connectivity index (χ2v) is 7.18. The second kappa shape index (κ2) is 6.90. The zero-order chi connectivity index (χ0) is 18.9. The SMILES string of the molecule is COc1cccc2ncnc(Nc3ccc4c(cnn4Cc4nccs4)c3)c12. The summed E-state index contributed by atoms with van der Waals surface area (Å²) in [4.78, 5) is 13.1. The zero-order valence-corrected chi connectivity index (χ0v) is 15.8. The smallest absolute Gasteiger partial charge is 0.145 e. The Labute approximate surface area is 164 Å². The van der Waals surface area contributed by atoms with Crippen LogP contribution in [0.1, 0.15) is 5.01 Å². The van der Waals surface area contributed by atoms with Crippen molar-refractivity contribution in [3.05, 3.63) is 65.5 Å². The highest BCUT2D eigenvalue weighted by atomic mass is 32.1. The first-order valence-electron chi connectivity index (χ1n) is 8.70. The van der Waals surface area contributed by atoms with Crippen molar-refractivity contribution in [2.45, 2.75) is 6.54 Å². The summed E-state index contributed by atoms with van der Waals surface area (Å²) in [7, 11) is 1.65. The molecular formula is C20H16N6OS. The minimum atomic E-state index is 0.668. The Bertz CT molecular complexity index is 1260. The van der Waals surface area contributed by atoms with Crippen LogP contribution >= 0.6 is 11.3 Å². The van der Waals surface area contributed by atoms with E-state index in [1.807, 2.05) is 46.7 Å².